The molecule has 0 spiro atoms. The van der Waals surface area contributed by atoms with E-state index in [0.29, 0.717) is 0 Å². The zero-order chi connectivity index (χ0) is 12.4. The number of aryl methyl sites for hydroxylation is 2. The van der Waals surface area contributed by atoms with Gasteiger partial charge in [0.25, 0.3) is 0 Å². The average Bonchev–Trinajstić information content (AvgIpc) is 2.76. The fraction of sp³-hybridized carbons (Fsp3) is 0.462. The fourth-order valence-corrected chi connectivity index (χ4v) is 2.19. The molecule has 1 aromatic heterocycles. The van der Waals surface area contributed by atoms with Gasteiger partial charge in [0.05, 0.1) is 27.3 Å². The van der Waals surface area contributed by atoms with Gasteiger partial charge in [-0.2, -0.15) is 0 Å². The summed E-state index contributed by atoms with van der Waals surface area (Å²) in [5.74, 6) is 1.77. The predicted octanol–water partition coefficient (Wildman–Crippen LogP) is 1.99. The van der Waals surface area contributed by atoms with Gasteiger partial charge >= 0.3 is 0 Å². The normalized spacial score (nSPS) is 10.8. The van der Waals surface area contributed by atoms with Gasteiger partial charge in [0.2, 0.25) is 17.4 Å². The van der Waals surface area contributed by atoms with Crippen LogP contribution in [0.2, 0.25) is 0 Å². The number of nitrogens with zero attached hydrogens (tertiary/aromatic N) is 2. The number of fused-ring (bicyclic) bond motifs is 1. The zero-order valence-electron chi connectivity index (χ0n) is 10.9. The first kappa shape index (κ1) is 11.8. The summed E-state index contributed by atoms with van der Waals surface area (Å²) in [6.07, 6.45) is 2.11. The molecule has 2 aromatic rings. The van der Waals surface area contributed by atoms with Gasteiger partial charge in [-0.25, -0.2) is 9.13 Å². The molecular weight excluding hydrogens is 216 g/mol. The Morgan fingerprint density at radius 1 is 1.12 bits per heavy atom. The lowest BCUT2D eigenvalue weighted by Gasteiger charge is -2.04. The molecular formula is C13H19N2O2+. The Bertz CT molecular complexity index is 486. The Morgan fingerprint density at radius 3 is 2.29 bits per heavy atom. The molecule has 0 aliphatic rings. The third kappa shape index (κ3) is 1.73. The Kier molecular flexibility index (Phi) is 3.22. The summed E-state index contributed by atoms with van der Waals surface area (Å²) >= 11 is 0. The summed E-state index contributed by atoms with van der Waals surface area (Å²) in [5, 5.41) is 0. The van der Waals surface area contributed by atoms with E-state index in [1.54, 1.807) is 14.2 Å². The lowest BCUT2D eigenvalue weighted by molar-refractivity contribution is -0.668. The van der Waals surface area contributed by atoms with Crippen molar-refractivity contribution < 1.29 is 14.0 Å². The highest BCUT2D eigenvalue weighted by atomic mass is 16.5. The molecule has 92 valence electrons. The molecule has 0 unspecified atom stereocenters. The molecule has 4 nitrogen and oxygen atoms in total. The smallest absolute Gasteiger partial charge is 0.244 e. The maximum absolute atomic E-state index is 5.44. The third-order valence-electron chi connectivity index (χ3n) is 3.05. The molecule has 4 heteroatoms. The van der Waals surface area contributed by atoms with E-state index >= 15 is 0 Å². The van der Waals surface area contributed by atoms with Crippen LogP contribution >= 0.6 is 0 Å². The number of ether oxygens (including phenoxy) is 2. The number of aromatic nitrogens is 2. The van der Waals surface area contributed by atoms with E-state index in [1.165, 1.54) is 0 Å². The van der Waals surface area contributed by atoms with Crippen molar-refractivity contribution in [2.24, 2.45) is 0 Å². The Hall–Kier alpha value is -1.71. The van der Waals surface area contributed by atoms with Gasteiger partial charge in [-0.1, -0.05) is 0 Å². The minimum absolute atomic E-state index is 0.884. The SMILES string of the molecule is CCn1c[n+](CC)c2c(OC)ccc(OC)c21. The number of methoxy groups -OCH3 is 2. The van der Waals surface area contributed by atoms with Crippen LogP contribution in [-0.2, 0) is 13.1 Å². The maximum atomic E-state index is 5.44. The quantitative estimate of drug-likeness (QED) is 0.758. The molecule has 0 amide bonds. The molecule has 1 aromatic carbocycles. The van der Waals surface area contributed by atoms with Crippen LogP contribution in [0.1, 0.15) is 13.8 Å². The summed E-state index contributed by atoms with van der Waals surface area (Å²) in [5.41, 5.74) is 2.19. The van der Waals surface area contributed by atoms with Gasteiger partial charge in [-0.15, -0.1) is 0 Å². The summed E-state index contributed by atoms with van der Waals surface area (Å²) in [4.78, 5) is 0. The van der Waals surface area contributed by atoms with Gasteiger partial charge in [-0.05, 0) is 26.0 Å². The van der Waals surface area contributed by atoms with Crippen molar-refractivity contribution in [3.63, 3.8) is 0 Å². The molecule has 0 aliphatic heterocycles. The number of hydrogen-bond donors (Lipinski definition) is 0. The van der Waals surface area contributed by atoms with Crippen molar-refractivity contribution in [2.45, 2.75) is 26.9 Å². The summed E-state index contributed by atoms with van der Waals surface area (Å²) in [7, 11) is 3.40. The summed E-state index contributed by atoms with van der Waals surface area (Å²) in [6, 6.07) is 3.90. The van der Waals surface area contributed by atoms with Gasteiger partial charge in [-0.3, -0.25) is 0 Å². The lowest BCUT2D eigenvalue weighted by atomic mass is 10.2. The van der Waals surface area contributed by atoms with E-state index in [0.717, 1.165) is 35.6 Å². The predicted molar refractivity (Wildman–Crippen MR) is 66.6 cm³/mol. The molecule has 2 rings (SSSR count). The molecule has 0 bridgehead atoms. The number of benzene rings is 1. The van der Waals surface area contributed by atoms with Crippen molar-refractivity contribution >= 4 is 11.0 Å². The number of hydrogen-bond acceptors (Lipinski definition) is 2. The van der Waals surface area contributed by atoms with Gasteiger partial charge < -0.3 is 9.47 Å². The molecule has 0 saturated heterocycles. The minimum atomic E-state index is 0.884. The lowest BCUT2D eigenvalue weighted by Crippen LogP contribution is -2.30. The Balaban J connectivity index is 2.85. The van der Waals surface area contributed by atoms with E-state index in [4.69, 9.17) is 9.47 Å². The first-order chi connectivity index (χ1) is 8.26. The van der Waals surface area contributed by atoms with E-state index in [9.17, 15) is 0 Å². The van der Waals surface area contributed by atoms with Crippen molar-refractivity contribution in [3.05, 3.63) is 18.5 Å². The molecule has 1 heterocycles. The van der Waals surface area contributed by atoms with Crippen LogP contribution in [0, 0.1) is 0 Å². The van der Waals surface area contributed by atoms with E-state index in [-0.39, 0.29) is 0 Å². The van der Waals surface area contributed by atoms with E-state index in [1.807, 2.05) is 12.1 Å². The second-order valence-corrected chi connectivity index (χ2v) is 3.85. The second-order valence-electron chi connectivity index (χ2n) is 3.85. The summed E-state index contributed by atoms with van der Waals surface area (Å²) in [6.45, 7) is 6.07. The monoisotopic (exact) mass is 235 g/mol. The highest BCUT2D eigenvalue weighted by Crippen LogP contribution is 2.31. The molecule has 0 N–H and O–H groups in total. The number of rotatable bonds is 4. The van der Waals surface area contributed by atoms with Crippen LogP contribution in [0.4, 0.5) is 0 Å². The average molecular weight is 235 g/mol. The van der Waals surface area contributed by atoms with Crippen LogP contribution in [-0.4, -0.2) is 18.8 Å². The van der Waals surface area contributed by atoms with Crippen LogP contribution in [0.5, 0.6) is 11.5 Å². The molecule has 0 radical (unpaired) electrons. The van der Waals surface area contributed by atoms with Crippen molar-refractivity contribution in [2.75, 3.05) is 14.2 Å². The van der Waals surface area contributed by atoms with Gasteiger partial charge in [0.1, 0.15) is 0 Å². The van der Waals surface area contributed by atoms with Crippen LogP contribution in [0.3, 0.4) is 0 Å². The van der Waals surface area contributed by atoms with Crippen molar-refractivity contribution in [1.29, 1.82) is 0 Å². The Morgan fingerprint density at radius 2 is 1.76 bits per heavy atom. The first-order valence-corrected chi connectivity index (χ1v) is 5.90. The van der Waals surface area contributed by atoms with Gasteiger partial charge in [0.15, 0.2) is 11.5 Å². The summed E-state index contributed by atoms with van der Waals surface area (Å²) < 4.78 is 15.2. The fourth-order valence-electron chi connectivity index (χ4n) is 2.19. The third-order valence-corrected chi connectivity index (χ3v) is 3.05. The molecule has 0 atom stereocenters. The van der Waals surface area contributed by atoms with Crippen LogP contribution in [0.15, 0.2) is 18.5 Å². The molecule has 17 heavy (non-hydrogen) atoms. The first-order valence-electron chi connectivity index (χ1n) is 5.90. The maximum Gasteiger partial charge on any atom is 0.244 e. The van der Waals surface area contributed by atoms with E-state index < -0.39 is 0 Å². The standard InChI is InChI=1S/C13H19N2O2/c1-5-14-9-15(6-2)13-11(17-4)8-7-10(16-3)12(13)14/h7-9H,5-6H2,1-4H3/q+1. The van der Waals surface area contributed by atoms with E-state index in [2.05, 4.69) is 29.3 Å². The topological polar surface area (TPSA) is 27.3 Å². The van der Waals surface area contributed by atoms with Crippen LogP contribution in [0.25, 0.3) is 11.0 Å². The zero-order valence-corrected chi connectivity index (χ0v) is 10.9. The van der Waals surface area contributed by atoms with Crippen molar-refractivity contribution in [1.82, 2.24) is 4.57 Å². The second kappa shape index (κ2) is 4.65. The molecule has 0 saturated carbocycles. The minimum Gasteiger partial charge on any atom is -0.492 e. The Labute approximate surface area is 101 Å². The molecule has 0 fully saturated rings. The van der Waals surface area contributed by atoms with Crippen LogP contribution < -0.4 is 14.0 Å². The molecule has 0 aliphatic carbocycles. The largest absolute Gasteiger partial charge is 0.492 e. The van der Waals surface area contributed by atoms with Gasteiger partial charge in [0, 0.05) is 0 Å². The highest BCUT2D eigenvalue weighted by molar-refractivity contribution is 5.84. The highest BCUT2D eigenvalue weighted by Gasteiger charge is 2.22. The van der Waals surface area contributed by atoms with Crippen molar-refractivity contribution in [3.8, 4) is 11.5 Å². The number of imidazole rings is 1.